The van der Waals surface area contributed by atoms with E-state index >= 15 is 0 Å². The molecule has 5 heteroatoms. The minimum absolute atomic E-state index is 0.213. The van der Waals surface area contributed by atoms with Gasteiger partial charge in [0.15, 0.2) is 5.79 Å². The molecule has 0 aromatic rings. The lowest BCUT2D eigenvalue weighted by Crippen LogP contribution is -2.49. The Morgan fingerprint density at radius 1 is 0.635 bits per heavy atom. The van der Waals surface area contributed by atoms with Gasteiger partial charge in [-0.25, -0.2) is 0 Å². The van der Waals surface area contributed by atoms with Gasteiger partial charge in [-0.05, 0) is 111 Å². The van der Waals surface area contributed by atoms with Gasteiger partial charge in [-0.15, -0.1) is 0 Å². The Morgan fingerprint density at radius 3 is 1.63 bits per heavy atom. The van der Waals surface area contributed by atoms with Gasteiger partial charge in [0.1, 0.15) is 0 Å². The molecule has 52 heavy (non-hydrogen) atoms. The molecule has 1 spiro atoms. The van der Waals surface area contributed by atoms with E-state index in [1.807, 2.05) is 0 Å². The molecule has 1 atom stereocenters. The van der Waals surface area contributed by atoms with E-state index in [9.17, 15) is 4.79 Å². The molecule has 0 aromatic carbocycles. The number of rotatable bonds is 31. The number of likely N-dealkylation sites (tertiary alicyclic amines) is 1. The van der Waals surface area contributed by atoms with Crippen LogP contribution in [0.25, 0.3) is 0 Å². The molecule has 0 N–H and O–H groups in total. The lowest BCUT2D eigenvalue weighted by atomic mass is 9.91. The SMILES string of the molecule is C/C=C\C/C=C\C/C=C\CCCCCCCCC1(CCCCCCCC/C=C\C/C=C\CCCC)OCC2(CCN(C(=O)CCCN(C)C)CC2)O1. The minimum Gasteiger partial charge on any atom is -0.347 e. The number of unbranched alkanes of at least 4 members (excludes halogenated alkanes) is 14. The zero-order valence-corrected chi connectivity index (χ0v) is 34.6. The molecule has 0 radical (unpaired) electrons. The molecule has 2 aliphatic rings. The van der Waals surface area contributed by atoms with Crippen molar-refractivity contribution in [3.63, 3.8) is 0 Å². The van der Waals surface area contributed by atoms with Crippen molar-refractivity contribution in [2.75, 3.05) is 40.3 Å². The van der Waals surface area contributed by atoms with Crippen LogP contribution in [0.2, 0.25) is 0 Å². The molecule has 298 valence electrons. The van der Waals surface area contributed by atoms with E-state index in [4.69, 9.17) is 9.47 Å². The van der Waals surface area contributed by atoms with Crippen molar-refractivity contribution in [2.45, 2.75) is 192 Å². The molecule has 0 aliphatic carbocycles. The highest BCUT2D eigenvalue weighted by atomic mass is 16.8. The summed E-state index contributed by atoms with van der Waals surface area (Å²) in [5.41, 5.74) is -0.213. The lowest BCUT2D eigenvalue weighted by Gasteiger charge is -2.39. The summed E-state index contributed by atoms with van der Waals surface area (Å²) < 4.78 is 13.8. The van der Waals surface area contributed by atoms with Gasteiger partial charge in [0, 0.05) is 32.4 Å². The van der Waals surface area contributed by atoms with Crippen molar-refractivity contribution in [3.8, 4) is 0 Å². The molecule has 0 saturated carbocycles. The van der Waals surface area contributed by atoms with Gasteiger partial charge < -0.3 is 19.3 Å². The number of hydrogen-bond acceptors (Lipinski definition) is 4. The summed E-state index contributed by atoms with van der Waals surface area (Å²) in [5.74, 6) is -0.128. The van der Waals surface area contributed by atoms with Crippen molar-refractivity contribution < 1.29 is 14.3 Å². The van der Waals surface area contributed by atoms with Crippen LogP contribution in [0, 0.1) is 0 Å². The van der Waals surface area contributed by atoms with Crippen LogP contribution < -0.4 is 0 Å². The highest BCUT2D eigenvalue weighted by Gasteiger charge is 2.51. The first-order chi connectivity index (χ1) is 25.4. The van der Waals surface area contributed by atoms with Crippen LogP contribution in [-0.4, -0.2) is 67.4 Å². The fraction of sp³-hybridized carbons (Fsp3) is 0.766. The summed E-state index contributed by atoms with van der Waals surface area (Å²) in [5, 5.41) is 0. The second-order valence-corrected chi connectivity index (χ2v) is 15.9. The second-order valence-electron chi connectivity index (χ2n) is 15.9. The number of carbonyl (C=O) groups excluding carboxylic acids is 1. The predicted octanol–water partition coefficient (Wildman–Crippen LogP) is 12.8. The summed E-state index contributed by atoms with van der Waals surface area (Å²) in [6.45, 7) is 7.58. The minimum atomic E-state index is -0.431. The number of carbonyl (C=O) groups is 1. The van der Waals surface area contributed by atoms with E-state index in [0.717, 1.165) is 71.0 Å². The maximum Gasteiger partial charge on any atom is 0.222 e. The van der Waals surface area contributed by atoms with Gasteiger partial charge in [0.25, 0.3) is 0 Å². The number of piperidine rings is 1. The number of nitrogens with zero attached hydrogens (tertiary/aromatic N) is 2. The molecular weight excluding hydrogens is 641 g/mol. The first-order valence-corrected chi connectivity index (χ1v) is 21.9. The van der Waals surface area contributed by atoms with Gasteiger partial charge >= 0.3 is 0 Å². The van der Waals surface area contributed by atoms with Crippen molar-refractivity contribution in [1.82, 2.24) is 9.80 Å². The molecular formula is C47H82N2O3. The third-order valence-corrected chi connectivity index (χ3v) is 10.8. The first-order valence-electron chi connectivity index (χ1n) is 21.9. The quantitative estimate of drug-likeness (QED) is 0.0528. The van der Waals surface area contributed by atoms with Gasteiger partial charge in [-0.3, -0.25) is 4.79 Å². The number of amides is 1. The Kier molecular flexibility index (Phi) is 27.0. The molecule has 2 heterocycles. The Labute approximate surface area is 322 Å². The standard InChI is InChI=1S/C47H82N2O3/c1-5-7-9-11-13-15-17-19-21-23-25-27-29-31-33-37-47(38-34-32-30-28-26-24-22-20-18-16-14-12-10-8-6-2)51-44-46(52-47)39-42-49(43-40-46)45(50)36-35-41-48(3)4/h5,7,11-14,17-20H,6,8-10,15-16,21-44H2,1-4H3/b7-5-,13-11-,14-12-,19-17-,20-18-. The van der Waals surface area contributed by atoms with E-state index < -0.39 is 5.79 Å². The fourth-order valence-corrected chi connectivity index (χ4v) is 7.46. The topological polar surface area (TPSA) is 42.0 Å². The summed E-state index contributed by atoms with van der Waals surface area (Å²) in [6.07, 6.45) is 52.9. The fourth-order valence-electron chi connectivity index (χ4n) is 7.46. The zero-order valence-electron chi connectivity index (χ0n) is 34.6. The summed E-state index contributed by atoms with van der Waals surface area (Å²) in [4.78, 5) is 17.1. The van der Waals surface area contributed by atoms with Crippen LogP contribution in [0.3, 0.4) is 0 Å². The second kappa shape index (κ2) is 30.4. The Hall–Kier alpha value is -1.95. The van der Waals surface area contributed by atoms with Gasteiger partial charge in [-0.1, -0.05) is 132 Å². The largest absolute Gasteiger partial charge is 0.347 e. The van der Waals surface area contributed by atoms with Crippen LogP contribution in [0.15, 0.2) is 60.8 Å². The maximum absolute atomic E-state index is 12.9. The molecule has 2 fully saturated rings. The van der Waals surface area contributed by atoms with Gasteiger partial charge in [0.2, 0.25) is 5.91 Å². The van der Waals surface area contributed by atoms with Crippen molar-refractivity contribution in [3.05, 3.63) is 60.8 Å². The Balaban J connectivity index is 1.71. The predicted molar refractivity (Wildman–Crippen MR) is 225 cm³/mol. The number of ether oxygens (including phenoxy) is 2. The first kappa shape index (κ1) is 46.2. The molecule has 1 amide bonds. The van der Waals surface area contributed by atoms with Crippen LogP contribution in [0.1, 0.15) is 181 Å². The van der Waals surface area contributed by atoms with Crippen LogP contribution in [0.5, 0.6) is 0 Å². The van der Waals surface area contributed by atoms with E-state index in [2.05, 4.69) is 98.5 Å². The zero-order chi connectivity index (χ0) is 37.4. The van der Waals surface area contributed by atoms with Crippen LogP contribution >= 0.6 is 0 Å². The molecule has 1 unspecified atom stereocenters. The molecule has 0 bridgehead atoms. The molecule has 0 aromatic heterocycles. The van der Waals surface area contributed by atoms with E-state index in [1.54, 1.807) is 0 Å². The van der Waals surface area contributed by atoms with E-state index in [1.165, 1.54) is 109 Å². The van der Waals surface area contributed by atoms with E-state index in [-0.39, 0.29) is 5.60 Å². The van der Waals surface area contributed by atoms with Crippen molar-refractivity contribution in [2.24, 2.45) is 0 Å². The Bertz CT molecular complexity index is 1020. The highest BCUT2D eigenvalue weighted by Crippen LogP contribution is 2.44. The van der Waals surface area contributed by atoms with Crippen LogP contribution in [0.4, 0.5) is 0 Å². The molecule has 2 aliphatic heterocycles. The summed E-state index contributed by atoms with van der Waals surface area (Å²) in [7, 11) is 4.14. The number of hydrogen-bond donors (Lipinski definition) is 0. The summed E-state index contributed by atoms with van der Waals surface area (Å²) in [6, 6.07) is 0. The maximum atomic E-state index is 12.9. The average molecular weight is 723 g/mol. The Morgan fingerprint density at radius 2 is 1.12 bits per heavy atom. The smallest absolute Gasteiger partial charge is 0.222 e. The highest BCUT2D eigenvalue weighted by molar-refractivity contribution is 5.76. The molecule has 2 rings (SSSR count). The van der Waals surface area contributed by atoms with E-state index in [0.29, 0.717) is 18.9 Å². The van der Waals surface area contributed by atoms with Gasteiger partial charge in [-0.2, -0.15) is 0 Å². The average Bonchev–Trinajstić information content (AvgIpc) is 3.48. The third kappa shape index (κ3) is 22.3. The van der Waals surface area contributed by atoms with Gasteiger partial charge in [0.05, 0.1) is 12.2 Å². The number of allylic oxidation sites excluding steroid dienone is 10. The van der Waals surface area contributed by atoms with Crippen LogP contribution in [-0.2, 0) is 14.3 Å². The van der Waals surface area contributed by atoms with Crippen molar-refractivity contribution >= 4 is 5.91 Å². The normalized spacial score (nSPS) is 19.4. The van der Waals surface area contributed by atoms with Crippen molar-refractivity contribution in [1.29, 1.82) is 0 Å². The molecule has 2 saturated heterocycles. The summed E-state index contributed by atoms with van der Waals surface area (Å²) >= 11 is 0. The lowest BCUT2D eigenvalue weighted by molar-refractivity contribution is -0.204. The monoisotopic (exact) mass is 723 g/mol. The third-order valence-electron chi connectivity index (χ3n) is 10.8. The molecule has 5 nitrogen and oxygen atoms in total.